The fourth-order valence-corrected chi connectivity index (χ4v) is 4.23. The normalized spacial score (nSPS) is 15.4. The summed E-state index contributed by atoms with van der Waals surface area (Å²) in [4.78, 5) is 34.1. The van der Waals surface area contributed by atoms with E-state index in [0.717, 1.165) is 16.0 Å². The number of hydrogen-bond donors (Lipinski definition) is 0. The lowest BCUT2D eigenvalue weighted by Gasteiger charge is -2.22. The van der Waals surface area contributed by atoms with Crippen LogP contribution in [-0.2, 0) is 17.9 Å². The quantitative estimate of drug-likeness (QED) is 0.341. The summed E-state index contributed by atoms with van der Waals surface area (Å²) in [5.41, 5.74) is 2.32. The highest BCUT2D eigenvalue weighted by atomic mass is 16.5. The molecule has 2 heterocycles. The van der Waals surface area contributed by atoms with Crippen molar-refractivity contribution in [3.63, 3.8) is 0 Å². The van der Waals surface area contributed by atoms with Gasteiger partial charge >= 0.3 is 6.03 Å². The average molecular weight is 485 g/mol. The third-order valence-electron chi connectivity index (χ3n) is 6.00. The first-order valence-electron chi connectivity index (χ1n) is 11.3. The number of nitrogens with zero attached hydrogens (tertiary/aromatic N) is 4. The molecular formula is C27H24N4O5. The second kappa shape index (κ2) is 9.91. The van der Waals surface area contributed by atoms with Gasteiger partial charge in [-0.3, -0.25) is 9.69 Å². The van der Waals surface area contributed by atoms with Gasteiger partial charge in [-0.05, 0) is 29.3 Å². The molecule has 0 N–H and O–H groups in total. The van der Waals surface area contributed by atoms with Crippen LogP contribution in [0.4, 0.5) is 4.79 Å². The van der Waals surface area contributed by atoms with Gasteiger partial charge in [-0.1, -0.05) is 65.8 Å². The van der Waals surface area contributed by atoms with E-state index in [-0.39, 0.29) is 18.3 Å². The molecule has 4 aromatic rings. The predicted molar refractivity (Wildman–Crippen MR) is 130 cm³/mol. The highest BCUT2D eigenvalue weighted by Gasteiger charge is 2.46. The van der Waals surface area contributed by atoms with Gasteiger partial charge in [0.2, 0.25) is 11.7 Å². The largest absolute Gasteiger partial charge is 0.493 e. The van der Waals surface area contributed by atoms with E-state index in [1.165, 1.54) is 7.11 Å². The molecule has 0 radical (unpaired) electrons. The van der Waals surface area contributed by atoms with Crippen molar-refractivity contribution in [2.24, 2.45) is 0 Å². The molecule has 9 nitrogen and oxygen atoms in total. The number of aromatic nitrogens is 2. The van der Waals surface area contributed by atoms with E-state index in [0.29, 0.717) is 29.4 Å². The van der Waals surface area contributed by atoms with E-state index >= 15 is 0 Å². The van der Waals surface area contributed by atoms with Gasteiger partial charge in [-0.15, -0.1) is 0 Å². The molecule has 36 heavy (non-hydrogen) atoms. The molecule has 1 aliphatic rings. The zero-order valence-corrected chi connectivity index (χ0v) is 19.8. The third kappa shape index (κ3) is 4.38. The molecule has 0 aliphatic carbocycles. The lowest BCUT2D eigenvalue weighted by molar-refractivity contribution is -0.129. The van der Waals surface area contributed by atoms with Crippen LogP contribution in [-0.4, -0.2) is 46.1 Å². The first kappa shape index (κ1) is 23.1. The number of hydrogen-bond acceptors (Lipinski definition) is 7. The van der Waals surface area contributed by atoms with Gasteiger partial charge in [-0.2, -0.15) is 4.98 Å². The lowest BCUT2D eigenvalue weighted by Crippen LogP contribution is -2.32. The highest BCUT2D eigenvalue weighted by molar-refractivity contribution is 6.04. The predicted octanol–water partition coefficient (Wildman–Crippen LogP) is 4.46. The molecule has 3 amide bonds. The number of urea groups is 1. The molecule has 182 valence electrons. The molecule has 0 spiro atoms. The standard InChI is InChI=1S/C27H24N4O5/c1-34-21-14-13-20(15-22(21)35-2)25-28-23(36-29-25)17-31-26(32)24(19-11-7-4-8-12-19)30(27(31)33)16-18-9-5-3-6-10-18/h3-15,24H,16-17H2,1-2H3. The van der Waals surface area contributed by atoms with Gasteiger partial charge in [0.25, 0.3) is 5.91 Å². The van der Waals surface area contributed by atoms with Gasteiger partial charge in [0.05, 0.1) is 14.2 Å². The Morgan fingerprint density at radius 2 is 1.56 bits per heavy atom. The molecule has 3 aromatic carbocycles. The van der Waals surface area contributed by atoms with Gasteiger partial charge in [0.15, 0.2) is 11.5 Å². The molecule has 1 atom stereocenters. The zero-order valence-electron chi connectivity index (χ0n) is 19.8. The summed E-state index contributed by atoms with van der Waals surface area (Å²) in [6.07, 6.45) is 0. The summed E-state index contributed by atoms with van der Waals surface area (Å²) in [5, 5.41) is 4.03. The Morgan fingerprint density at radius 3 is 2.25 bits per heavy atom. The van der Waals surface area contributed by atoms with Crippen LogP contribution in [0.1, 0.15) is 23.1 Å². The second-order valence-corrected chi connectivity index (χ2v) is 8.22. The second-order valence-electron chi connectivity index (χ2n) is 8.22. The maximum atomic E-state index is 13.5. The van der Waals surface area contributed by atoms with E-state index in [4.69, 9.17) is 14.0 Å². The number of methoxy groups -OCH3 is 2. The molecule has 0 saturated carbocycles. The Labute approximate surface area is 207 Å². The van der Waals surface area contributed by atoms with Crippen molar-refractivity contribution in [3.8, 4) is 22.9 Å². The zero-order chi connectivity index (χ0) is 25.1. The van der Waals surface area contributed by atoms with Crippen molar-refractivity contribution >= 4 is 11.9 Å². The Bertz CT molecular complexity index is 1370. The van der Waals surface area contributed by atoms with Gasteiger partial charge < -0.3 is 18.9 Å². The number of ether oxygens (including phenoxy) is 2. The number of rotatable bonds is 8. The summed E-state index contributed by atoms with van der Waals surface area (Å²) >= 11 is 0. The van der Waals surface area contributed by atoms with Crippen molar-refractivity contribution in [2.45, 2.75) is 19.1 Å². The van der Waals surface area contributed by atoms with Crippen LogP contribution in [0.25, 0.3) is 11.4 Å². The fraction of sp³-hybridized carbons (Fsp3) is 0.185. The maximum Gasteiger partial charge on any atom is 0.328 e. The highest BCUT2D eigenvalue weighted by Crippen LogP contribution is 2.34. The summed E-state index contributed by atoms with van der Waals surface area (Å²) in [6.45, 7) is 0.161. The van der Waals surface area contributed by atoms with E-state index in [2.05, 4.69) is 10.1 Å². The Morgan fingerprint density at radius 1 is 0.861 bits per heavy atom. The van der Waals surface area contributed by atoms with Crippen LogP contribution in [0.5, 0.6) is 11.5 Å². The van der Waals surface area contributed by atoms with Gasteiger partial charge in [0.1, 0.15) is 12.6 Å². The first-order chi connectivity index (χ1) is 17.6. The number of benzene rings is 3. The molecule has 5 rings (SSSR count). The molecule has 1 aliphatic heterocycles. The van der Waals surface area contributed by atoms with Crippen molar-refractivity contribution in [3.05, 3.63) is 95.9 Å². The van der Waals surface area contributed by atoms with Crippen molar-refractivity contribution in [1.29, 1.82) is 0 Å². The molecule has 0 bridgehead atoms. The molecule has 1 aromatic heterocycles. The monoisotopic (exact) mass is 484 g/mol. The minimum absolute atomic E-state index is 0.132. The van der Waals surface area contributed by atoms with Gasteiger partial charge in [0, 0.05) is 12.1 Å². The number of carbonyl (C=O) groups excluding carboxylic acids is 2. The van der Waals surface area contributed by atoms with Crippen molar-refractivity contribution in [2.75, 3.05) is 14.2 Å². The number of carbonyl (C=O) groups is 2. The summed E-state index contributed by atoms with van der Waals surface area (Å²) < 4.78 is 16.0. The molecule has 9 heteroatoms. The SMILES string of the molecule is COc1ccc(-c2noc(CN3C(=O)C(c4ccccc4)N(Cc4ccccc4)C3=O)n2)cc1OC. The topological polar surface area (TPSA) is 98.0 Å². The molecular weight excluding hydrogens is 460 g/mol. The van der Waals surface area contributed by atoms with Crippen molar-refractivity contribution < 1.29 is 23.6 Å². The van der Waals surface area contributed by atoms with Crippen molar-refractivity contribution in [1.82, 2.24) is 19.9 Å². The fourth-order valence-electron chi connectivity index (χ4n) is 4.23. The van der Waals surface area contributed by atoms with E-state index in [9.17, 15) is 9.59 Å². The Balaban J connectivity index is 1.41. The van der Waals surface area contributed by atoms with E-state index < -0.39 is 12.1 Å². The maximum absolute atomic E-state index is 13.5. The lowest BCUT2D eigenvalue weighted by atomic mass is 10.1. The third-order valence-corrected chi connectivity index (χ3v) is 6.00. The van der Waals surface area contributed by atoms with Crippen LogP contribution in [0.2, 0.25) is 0 Å². The van der Waals surface area contributed by atoms with Crippen LogP contribution in [0.3, 0.4) is 0 Å². The van der Waals surface area contributed by atoms with Crippen LogP contribution < -0.4 is 9.47 Å². The number of amides is 3. The summed E-state index contributed by atoms with van der Waals surface area (Å²) in [5.74, 6) is 1.21. The Hall–Kier alpha value is -4.66. The van der Waals surface area contributed by atoms with E-state index in [1.54, 1.807) is 30.2 Å². The average Bonchev–Trinajstić information content (AvgIpc) is 3.48. The van der Waals surface area contributed by atoms with Crippen LogP contribution in [0.15, 0.2) is 83.4 Å². The minimum atomic E-state index is -0.743. The van der Waals surface area contributed by atoms with E-state index in [1.807, 2.05) is 60.7 Å². The summed E-state index contributed by atoms with van der Waals surface area (Å²) in [6, 6.07) is 22.9. The first-order valence-corrected chi connectivity index (χ1v) is 11.3. The van der Waals surface area contributed by atoms with Crippen LogP contribution in [0, 0.1) is 0 Å². The number of imide groups is 1. The minimum Gasteiger partial charge on any atom is -0.493 e. The molecule has 1 unspecified atom stereocenters. The van der Waals surface area contributed by atoms with Crippen LogP contribution >= 0.6 is 0 Å². The Kier molecular flexibility index (Phi) is 6.36. The molecule has 1 fully saturated rings. The summed E-state index contributed by atoms with van der Waals surface area (Å²) in [7, 11) is 3.09. The molecule has 1 saturated heterocycles. The smallest absolute Gasteiger partial charge is 0.328 e. The van der Waals surface area contributed by atoms with Gasteiger partial charge in [-0.25, -0.2) is 4.79 Å².